The van der Waals surface area contributed by atoms with Gasteiger partial charge in [0.25, 0.3) is 5.91 Å². The monoisotopic (exact) mass is 422 g/mol. The highest BCUT2D eigenvalue weighted by atomic mass is 32.2. The average Bonchev–Trinajstić information content (AvgIpc) is 2.95. The summed E-state index contributed by atoms with van der Waals surface area (Å²) < 4.78 is 17.3. The van der Waals surface area contributed by atoms with Gasteiger partial charge in [0.2, 0.25) is 0 Å². The molecule has 0 aliphatic carbocycles. The molecule has 0 aromatic heterocycles. The van der Waals surface area contributed by atoms with Crippen molar-refractivity contribution in [3.63, 3.8) is 0 Å². The Labute approximate surface area is 175 Å². The fraction of sp³-hybridized carbons (Fsp3) is 0.500. The maximum absolute atomic E-state index is 12.9. The molecule has 1 aromatic carbocycles. The van der Waals surface area contributed by atoms with E-state index in [1.54, 1.807) is 12.0 Å². The molecule has 2 heterocycles. The molecule has 0 unspecified atom stereocenters. The Kier molecular flexibility index (Phi) is 7.34. The first-order valence-electron chi connectivity index (χ1n) is 9.38. The van der Waals surface area contributed by atoms with Crippen molar-refractivity contribution in [1.29, 1.82) is 0 Å². The van der Waals surface area contributed by atoms with Gasteiger partial charge in [0.15, 0.2) is 11.5 Å². The van der Waals surface area contributed by atoms with Crippen LogP contribution in [0, 0.1) is 0 Å². The van der Waals surface area contributed by atoms with Crippen LogP contribution < -0.4 is 9.47 Å². The van der Waals surface area contributed by atoms with Crippen LogP contribution in [0.15, 0.2) is 23.1 Å². The third kappa shape index (κ3) is 5.05. The molecule has 1 amide bonds. The van der Waals surface area contributed by atoms with Crippen molar-refractivity contribution in [1.82, 2.24) is 9.80 Å². The Morgan fingerprint density at radius 2 is 2.04 bits per heavy atom. The van der Waals surface area contributed by atoms with E-state index in [9.17, 15) is 4.79 Å². The van der Waals surface area contributed by atoms with Crippen molar-refractivity contribution < 1.29 is 19.0 Å². The second kappa shape index (κ2) is 9.73. The van der Waals surface area contributed by atoms with Gasteiger partial charge >= 0.3 is 0 Å². The highest BCUT2D eigenvalue weighted by Crippen LogP contribution is 2.37. The summed E-state index contributed by atoms with van der Waals surface area (Å²) in [4.78, 5) is 17.5. The Balaban J connectivity index is 1.76. The summed E-state index contributed by atoms with van der Waals surface area (Å²) in [7, 11) is 1.61. The van der Waals surface area contributed by atoms with E-state index in [1.807, 2.05) is 38.1 Å². The number of amides is 1. The predicted molar refractivity (Wildman–Crippen MR) is 116 cm³/mol. The first-order chi connectivity index (χ1) is 13.5. The Morgan fingerprint density at radius 1 is 1.29 bits per heavy atom. The standard InChI is InChI=1S/C20H26N2O4S2/c1-14(2)26-18-15(5-4-6-16(18)24-3)13-17-19(23)22(20(27)28-17)8-7-21-9-11-25-12-10-21/h4-6,13-14H,7-12H2,1-3H3/b17-13+. The number of carbonyl (C=O) groups is 1. The minimum Gasteiger partial charge on any atom is -0.493 e. The van der Waals surface area contributed by atoms with Crippen LogP contribution in [0.25, 0.3) is 6.08 Å². The zero-order valence-corrected chi connectivity index (χ0v) is 18.1. The molecule has 3 rings (SSSR count). The maximum Gasteiger partial charge on any atom is 0.266 e. The van der Waals surface area contributed by atoms with E-state index in [2.05, 4.69) is 4.90 Å². The summed E-state index contributed by atoms with van der Waals surface area (Å²) in [5.74, 6) is 1.23. The van der Waals surface area contributed by atoms with Gasteiger partial charge in [-0.1, -0.05) is 36.1 Å². The molecule has 152 valence electrons. The largest absolute Gasteiger partial charge is 0.493 e. The first kappa shape index (κ1) is 21.1. The number of para-hydroxylation sites is 1. The molecule has 0 spiro atoms. The zero-order valence-electron chi connectivity index (χ0n) is 16.5. The number of benzene rings is 1. The predicted octanol–water partition coefficient (Wildman–Crippen LogP) is 3.02. The third-order valence-electron chi connectivity index (χ3n) is 4.49. The molecular formula is C20H26N2O4S2. The van der Waals surface area contributed by atoms with Crippen molar-refractivity contribution in [2.45, 2.75) is 20.0 Å². The summed E-state index contributed by atoms with van der Waals surface area (Å²) in [6.45, 7) is 8.58. The smallest absolute Gasteiger partial charge is 0.266 e. The number of carbonyl (C=O) groups excluding carboxylic acids is 1. The molecule has 0 saturated carbocycles. The minimum absolute atomic E-state index is 0.00789. The fourth-order valence-electron chi connectivity index (χ4n) is 3.07. The molecule has 2 saturated heterocycles. The van der Waals surface area contributed by atoms with Gasteiger partial charge in [-0.25, -0.2) is 0 Å². The molecule has 6 nitrogen and oxygen atoms in total. The van der Waals surface area contributed by atoms with Crippen molar-refractivity contribution in [2.24, 2.45) is 0 Å². The topological polar surface area (TPSA) is 51.2 Å². The summed E-state index contributed by atoms with van der Waals surface area (Å²) in [6, 6.07) is 5.65. The van der Waals surface area contributed by atoms with Crippen molar-refractivity contribution in [3.8, 4) is 11.5 Å². The van der Waals surface area contributed by atoms with Crippen LogP contribution in [0.1, 0.15) is 19.4 Å². The number of hydrogen-bond acceptors (Lipinski definition) is 7. The molecule has 8 heteroatoms. The Morgan fingerprint density at radius 3 is 2.71 bits per heavy atom. The van der Waals surface area contributed by atoms with Crippen molar-refractivity contribution in [3.05, 3.63) is 28.7 Å². The number of morpholine rings is 1. The molecule has 2 fully saturated rings. The number of thioether (sulfide) groups is 1. The van der Waals surface area contributed by atoms with Gasteiger partial charge in [0.1, 0.15) is 4.32 Å². The molecule has 2 aliphatic heterocycles. The van der Waals surface area contributed by atoms with Crippen LogP contribution in [0.5, 0.6) is 11.5 Å². The lowest BCUT2D eigenvalue weighted by Crippen LogP contribution is -2.42. The van der Waals surface area contributed by atoms with Crippen LogP contribution in [-0.4, -0.2) is 72.6 Å². The van der Waals surface area contributed by atoms with E-state index in [4.69, 9.17) is 26.4 Å². The van der Waals surface area contributed by atoms with Crippen LogP contribution in [0.3, 0.4) is 0 Å². The highest BCUT2D eigenvalue weighted by Gasteiger charge is 2.32. The van der Waals surface area contributed by atoms with Crippen LogP contribution in [0.4, 0.5) is 0 Å². The number of methoxy groups -OCH3 is 1. The van der Waals surface area contributed by atoms with E-state index in [1.165, 1.54) is 11.8 Å². The molecule has 1 aromatic rings. The number of hydrogen-bond donors (Lipinski definition) is 0. The zero-order chi connectivity index (χ0) is 20.1. The fourth-order valence-corrected chi connectivity index (χ4v) is 4.37. The number of rotatable bonds is 7. The van der Waals surface area contributed by atoms with E-state index in [0.717, 1.165) is 38.4 Å². The van der Waals surface area contributed by atoms with E-state index in [0.29, 0.717) is 27.3 Å². The van der Waals surface area contributed by atoms with E-state index in [-0.39, 0.29) is 12.0 Å². The first-order valence-corrected chi connectivity index (χ1v) is 10.6. The molecular weight excluding hydrogens is 396 g/mol. The summed E-state index contributed by atoms with van der Waals surface area (Å²) in [5.41, 5.74) is 0.807. The number of thiocarbonyl (C=S) groups is 1. The maximum atomic E-state index is 12.9. The van der Waals surface area contributed by atoms with Crippen LogP contribution in [0.2, 0.25) is 0 Å². The van der Waals surface area contributed by atoms with Crippen molar-refractivity contribution in [2.75, 3.05) is 46.5 Å². The lowest BCUT2D eigenvalue weighted by molar-refractivity contribution is -0.122. The SMILES string of the molecule is COc1cccc(/C=C2/SC(=S)N(CCN3CCOCC3)C2=O)c1OC(C)C. The van der Waals surface area contributed by atoms with Crippen molar-refractivity contribution >= 4 is 40.3 Å². The number of ether oxygens (including phenoxy) is 3. The summed E-state index contributed by atoms with van der Waals surface area (Å²) in [5, 5.41) is 0. The van der Waals surface area contributed by atoms with Crippen LogP contribution in [-0.2, 0) is 9.53 Å². The van der Waals surface area contributed by atoms with Gasteiger partial charge in [-0.15, -0.1) is 0 Å². The molecule has 0 N–H and O–H groups in total. The molecule has 0 atom stereocenters. The second-order valence-corrected chi connectivity index (χ2v) is 8.51. The average molecular weight is 423 g/mol. The Bertz CT molecular complexity index is 761. The molecule has 2 aliphatic rings. The van der Waals surface area contributed by atoms with Gasteiger partial charge in [0.05, 0.1) is 31.3 Å². The van der Waals surface area contributed by atoms with Gasteiger partial charge < -0.3 is 14.2 Å². The van der Waals surface area contributed by atoms with Gasteiger partial charge in [-0.2, -0.15) is 0 Å². The highest BCUT2D eigenvalue weighted by molar-refractivity contribution is 8.26. The summed E-state index contributed by atoms with van der Waals surface area (Å²) in [6.07, 6.45) is 1.83. The van der Waals surface area contributed by atoms with Gasteiger partial charge in [-0.3, -0.25) is 14.6 Å². The lowest BCUT2D eigenvalue weighted by Gasteiger charge is -2.28. The van der Waals surface area contributed by atoms with E-state index < -0.39 is 0 Å². The minimum atomic E-state index is -0.0541. The second-order valence-electron chi connectivity index (χ2n) is 6.83. The van der Waals surface area contributed by atoms with Crippen LogP contribution >= 0.6 is 24.0 Å². The molecule has 0 radical (unpaired) electrons. The van der Waals surface area contributed by atoms with Gasteiger partial charge in [0, 0.05) is 31.7 Å². The van der Waals surface area contributed by atoms with E-state index >= 15 is 0 Å². The molecule has 28 heavy (non-hydrogen) atoms. The lowest BCUT2D eigenvalue weighted by atomic mass is 10.1. The number of nitrogens with zero attached hydrogens (tertiary/aromatic N) is 2. The normalized spacial score (nSPS) is 19.7. The molecule has 0 bridgehead atoms. The Hall–Kier alpha value is -1.61. The summed E-state index contributed by atoms with van der Waals surface area (Å²) >= 11 is 6.79. The quantitative estimate of drug-likeness (QED) is 0.494. The third-order valence-corrected chi connectivity index (χ3v) is 5.86. The van der Waals surface area contributed by atoms with Gasteiger partial charge in [-0.05, 0) is 26.0 Å².